The Labute approximate surface area is 113 Å². The zero-order chi connectivity index (χ0) is 13.8. The molecule has 1 rings (SSSR count). The molecule has 0 fully saturated rings. The molecule has 1 heterocycles. The van der Waals surface area contributed by atoms with E-state index >= 15 is 0 Å². The number of nitrogens with one attached hydrogen (secondary N) is 1. The van der Waals surface area contributed by atoms with E-state index < -0.39 is 5.41 Å². The second-order valence-corrected chi connectivity index (χ2v) is 5.74. The molecule has 1 aromatic heterocycles. The Morgan fingerprint density at radius 1 is 1.56 bits per heavy atom. The Morgan fingerprint density at radius 3 is 2.56 bits per heavy atom. The van der Waals surface area contributed by atoms with Gasteiger partial charge >= 0.3 is 0 Å². The van der Waals surface area contributed by atoms with Crippen molar-refractivity contribution in [3.8, 4) is 0 Å². The van der Waals surface area contributed by atoms with Crippen LogP contribution in [0.4, 0.5) is 0 Å². The largest absolute Gasteiger partial charge is 0.347 e. The van der Waals surface area contributed by atoms with Crippen molar-refractivity contribution in [2.75, 3.05) is 6.54 Å². The maximum Gasteiger partial charge on any atom is 0.227 e. The van der Waals surface area contributed by atoms with Gasteiger partial charge in [-0.3, -0.25) is 4.79 Å². The zero-order valence-electron chi connectivity index (χ0n) is 11.6. The molecule has 1 atom stereocenters. The summed E-state index contributed by atoms with van der Waals surface area (Å²) in [5.74, 6) is 0.0353. The lowest BCUT2D eigenvalue weighted by Crippen LogP contribution is -2.46. The van der Waals surface area contributed by atoms with Crippen LogP contribution in [-0.2, 0) is 4.79 Å². The first kappa shape index (κ1) is 15.1. The zero-order valence-corrected chi connectivity index (χ0v) is 12.4. The molecule has 0 saturated heterocycles. The molecule has 0 spiro atoms. The third-order valence-corrected chi connectivity index (χ3v) is 4.45. The first-order chi connectivity index (χ1) is 8.49. The Balaban J connectivity index is 2.75. The van der Waals surface area contributed by atoms with Crippen LogP contribution in [0.5, 0.6) is 0 Å². The molecule has 3 N–H and O–H groups in total. The molecule has 1 aromatic rings. The summed E-state index contributed by atoms with van der Waals surface area (Å²) in [5, 5.41) is 6.03. The van der Waals surface area contributed by atoms with E-state index in [4.69, 9.17) is 5.73 Å². The first-order valence-corrected chi connectivity index (χ1v) is 7.30. The molecule has 0 aromatic carbocycles. The number of hydrogen-bond donors (Lipinski definition) is 2. The number of carbonyl (C=O) groups is 1. The summed E-state index contributed by atoms with van der Waals surface area (Å²) in [6.07, 6.45) is 1.52. The quantitative estimate of drug-likeness (QED) is 0.833. The van der Waals surface area contributed by atoms with Crippen LogP contribution in [0.1, 0.15) is 50.4 Å². The van der Waals surface area contributed by atoms with Crippen molar-refractivity contribution in [2.24, 2.45) is 11.1 Å². The van der Waals surface area contributed by atoms with Crippen LogP contribution >= 0.6 is 11.3 Å². The number of rotatable bonds is 6. The first-order valence-electron chi connectivity index (χ1n) is 6.42. The molecule has 0 aliphatic carbocycles. The Hall–Kier alpha value is -0.940. The number of thiazole rings is 1. The van der Waals surface area contributed by atoms with Crippen molar-refractivity contribution in [1.82, 2.24) is 10.3 Å². The average Bonchev–Trinajstić information content (AvgIpc) is 2.79. The van der Waals surface area contributed by atoms with E-state index in [0.29, 0.717) is 6.54 Å². The summed E-state index contributed by atoms with van der Waals surface area (Å²) in [6, 6.07) is -0.0634. The van der Waals surface area contributed by atoms with Crippen molar-refractivity contribution in [2.45, 2.75) is 46.6 Å². The van der Waals surface area contributed by atoms with Crippen LogP contribution < -0.4 is 11.1 Å². The van der Waals surface area contributed by atoms with Crippen LogP contribution in [0.2, 0.25) is 0 Å². The lowest BCUT2D eigenvalue weighted by Gasteiger charge is -2.30. The minimum atomic E-state index is -0.445. The Bertz CT molecular complexity index is 390. The summed E-state index contributed by atoms with van der Waals surface area (Å²) >= 11 is 1.60. The van der Waals surface area contributed by atoms with Gasteiger partial charge in [-0.15, -0.1) is 11.3 Å². The average molecular weight is 269 g/mol. The number of nitrogens with zero attached hydrogens (tertiary/aromatic N) is 1. The van der Waals surface area contributed by atoms with Gasteiger partial charge in [0.1, 0.15) is 0 Å². The number of nitrogens with two attached hydrogens (primary N) is 1. The van der Waals surface area contributed by atoms with E-state index in [-0.39, 0.29) is 11.9 Å². The van der Waals surface area contributed by atoms with E-state index in [1.807, 2.05) is 33.1 Å². The van der Waals surface area contributed by atoms with Gasteiger partial charge < -0.3 is 11.1 Å². The van der Waals surface area contributed by atoms with Gasteiger partial charge in [-0.05, 0) is 26.7 Å². The maximum absolute atomic E-state index is 12.3. The minimum absolute atomic E-state index is 0.0353. The monoisotopic (exact) mass is 269 g/mol. The maximum atomic E-state index is 12.3. The minimum Gasteiger partial charge on any atom is -0.347 e. The van der Waals surface area contributed by atoms with Crippen LogP contribution in [-0.4, -0.2) is 17.4 Å². The Morgan fingerprint density at radius 2 is 2.17 bits per heavy atom. The molecule has 5 heteroatoms. The predicted octanol–water partition coefficient (Wildman–Crippen LogP) is 2.39. The highest BCUT2D eigenvalue weighted by atomic mass is 32.1. The second kappa shape index (κ2) is 6.29. The van der Waals surface area contributed by atoms with E-state index in [1.54, 1.807) is 11.3 Å². The highest BCUT2D eigenvalue weighted by Crippen LogP contribution is 2.26. The van der Waals surface area contributed by atoms with Crippen LogP contribution in [0.15, 0.2) is 5.38 Å². The van der Waals surface area contributed by atoms with Gasteiger partial charge in [0.2, 0.25) is 5.91 Å². The fourth-order valence-corrected chi connectivity index (χ4v) is 2.66. The molecule has 0 saturated carbocycles. The number of hydrogen-bond acceptors (Lipinski definition) is 4. The van der Waals surface area contributed by atoms with Crippen molar-refractivity contribution in [3.05, 3.63) is 16.1 Å². The van der Waals surface area contributed by atoms with Crippen molar-refractivity contribution >= 4 is 17.2 Å². The van der Waals surface area contributed by atoms with Gasteiger partial charge in [0, 0.05) is 11.9 Å². The van der Waals surface area contributed by atoms with Crippen molar-refractivity contribution in [1.29, 1.82) is 0 Å². The van der Waals surface area contributed by atoms with Gasteiger partial charge in [-0.25, -0.2) is 4.98 Å². The fourth-order valence-electron chi connectivity index (χ4n) is 1.96. The summed E-state index contributed by atoms with van der Waals surface area (Å²) < 4.78 is 0. The van der Waals surface area contributed by atoms with Gasteiger partial charge in [-0.1, -0.05) is 13.8 Å². The van der Waals surface area contributed by atoms with Gasteiger partial charge in [-0.2, -0.15) is 0 Å². The second-order valence-electron chi connectivity index (χ2n) is 4.68. The lowest BCUT2D eigenvalue weighted by atomic mass is 9.81. The van der Waals surface area contributed by atoms with Crippen molar-refractivity contribution < 1.29 is 4.79 Å². The number of carbonyl (C=O) groups excluding carboxylic acids is 1. The van der Waals surface area contributed by atoms with Gasteiger partial charge in [0.15, 0.2) is 0 Å². The number of amides is 1. The smallest absolute Gasteiger partial charge is 0.227 e. The highest BCUT2D eigenvalue weighted by molar-refractivity contribution is 7.09. The number of aromatic nitrogens is 1. The predicted molar refractivity (Wildman–Crippen MR) is 75.5 cm³/mol. The molecule has 0 aliphatic rings. The standard InChI is InChI=1S/C13H23N3OS/c1-5-13(6-2,8-14)12(17)15-9(3)11-7-18-10(4)16-11/h7,9H,5-6,8,14H2,1-4H3,(H,15,17). The normalized spacial score (nSPS) is 13.4. The van der Waals surface area contributed by atoms with Crippen molar-refractivity contribution in [3.63, 3.8) is 0 Å². The molecule has 1 unspecified atom stereocenters. The highest BCUT2D eigenvalue weighted by Gasteiger charge is 2.34. The van der Waals surface area contributed by atoms with Gasteiger partial charge in [0.25, 0.3) is 0 Å². The third-order valence-electron chi connectivity index (χ3n) is 3.65. The fraction of sp³-hybridized carbons (Fsp3) is 0.692. The summed E-state index contributed by atoms with van der Waals surface area (Å²) in [5.41, 5.74) is 6.25. The molecular weight excluding hydrogens is 246 g/mol. The van der Waals surface area contributed by atoms with E-state index in [2.05, 4.69) is 10.3 Å². The summed E-state index contributed by atoms with van der Waals surface area (Å²) in [7, 11) is 0. The SMILES string of the molecule is CCC(CC)(CN)C(=O)NC(C)c1csc(C)n1. The van der Waals surface area contributed by atoms with Crippen LogP contribution in [0.25, 0.3) is 0 Å². The molecule has 4 nitrogen and oxygen atoms in total. The van der Waals surface area contributed by atoms with E-state index in [0.717, 1.165) is 23.5 Å². The molecule has 0 bridgehead atoms. The molecule has 1 amide bonds. The topological polar surface area (TPSA) is 68.0 Å². The van der Waals surface area contributed by atoms with Crippen LogP contribution in [0.3, 0.4) is 0 Å². The van der Waals surface area contributed by atoms with Gasteiger partial charge in [0.05, 0.1) is 22.2 Å². The summed E-state index contributed by atoms with van der Waals surface area (Å²) in [6.45, 7) is 8.32. The van der Waals surface area contributed by atoms with Crippen LogP contribution in [0, 0.1) is 12.3 Å². The van der Waals surface area contributed by atoms with E-state index in [1.165, 1.54) is 0 Å². The third kappa shape index (κ3) is 3.09. The number of aryl methyl sites for hydroxylation is 1. The molecule has 0 radical (unpaired) electrons. The molecular formula is C13H23N3OS. The lowest BCUT2D eigenvalue weighted by molar-refractivity contribution is -0.131. The van der Waals surface area contributed by atoms with E-state index in [9.17, 15) is 4.79 Å². The molecule has 102 valence electrons. The molecule has 0 aliphatic heterocycles. The Kier molecular flexibility index (Phi) is 5.28. The molecule has 18 heavy (non-hydrogen) atoms. The summed E-state index contributed by atoms with van der Waals surface area (Å²) in [4.78, 5) is 16.7.